The van der Waals surface area contributed by atoms with Crippen molar-refractivity contribution >= 4 is 11.6 Å². The van der Waals surface area contributed by atoms with Crippen molar-refractivity contribution < 1.29 is 4.79 Å². The molecule has 114 valence electrons. The molecule has 4 nitrogen and oxygen atoms in total. The van der Waals surface area contributed by atoms with Crippen molar-refractivity contribution in [2.24, 2.45) is 5.92 Å². The minimum absolute atomic E-state index is 0.0463. The Morgan fingerprint density at radius 2 is 2.10 bits per heavy atom. The Morgan fingerprint density at radius 3 is 2.86 bits per heavy atom. The van der Waals surface area contributed by atoms with Crippen LogP contribution in [-0.2, 0) is 4.79 Å². The number of nitrogen functional groups attached to an aromatic ring is 1. The van der Waals surface area contributed by atoms with Gasteiger partial charge < -0.3 is 16.0 Å². The maximum Gasteiger partial charge on any atom is 0.230 e. The minimum atomic E-state index is -0.0463. The molecule has 3 N–H and O–H groups in total. The fourth-order valence-electron chi connectivity index (χ4n) is 3.95. The van der Waals surface area contributed by atoms with Gasteiger partial charge in [-0.15, -0.1) is 0 Å². The Balaban J connectivity index is 1.91. The summed E-state index contributed by atoms with van der Waals surface area (Å²) >= 11 is 0. The van der Waals surface area contributed by atoms with E-state index < -0.39 is 0 Å². The van der Waals surface area contributed by atoms with Crippen LogP contribution in [0.4, 0.5) is 5.69 Å². The number of amides is 1. The average molecular weight is 287 g/mol. The minimum Gasteiger partial charge on any atom is -0.399 e. The van der Waals surface area contributed by atoms with Crippen molar-refractivity contribution in [3.8, 4) is 0 Å². The number of aryl methyl sites for hydroxylation is 1. The highest BCUT2D eigenvalue weighted by Gasteiger charge is 2.42. The third-order valence-electron chi connectivity index (χ3n) is 5.23. The predicted octanol–water partition coefficient (Wildman–Crippen LogP) is 1.89. The number of likely N-dealkylation sites (N-methyl/N-ethyl adjacent to an activating group) is 1. The first kappa shape index (κ1) is 14.4. The molecule has 2 fully saturated rings. The Morgan fingerprint density at radius 1 is 1.33 bits per heavy atom. The van der Waals surface area contributed by atoms with E-state index in [1.54, 1.807) is 0 Å². The van der Waals surface area contributed by atoms with Gasteiger partial charge >= 0.3 is 0 Å². The summed E-state index contributed by atoms with van der Waals surface area (Å²) in [7, 11) is 1.96. The second kappa shape index (κ2) is 5.34. The molecule has 0 bridgehead atoms. The zero-order chi connectivity index (χ0) is 15.1. The number of piperidine rings is 2. The highest BCUT2D eigenvalue weighted by Crippen LogP contribution is 2.38. The molecule has 0 spiro atoms. The third-order valence-corrected chi connectivity index (χ3v) is 5.23. The first-order chi connectivity index (χ1) is 9.97. The zero-order valence-electron chi connectivity index (χ0n) is 13.1. The highest BCUT2D eigenvalue weighted by atomic mass is 16.2. The van der Waals surface area contributed by atoms with Crippen LogP contribution in [0.1, 0.15) is 36.8 Å². The molecule has 3 rings (SSSR count). The van der Waals surface area contributed by atoms with Gasteiger partial charge in [-0.3, -0.25) is 4.79 Å². The summed E-state index contributed by atoms with van der Waals surface area (Å²) < 4.78 is 0. The molecule has 2 aliphatic rings. The first-order valence-electron chi connectivity index (χ1n) is 7.83. The van der Waals surface area contributed by atoms with Crippen molar-refractivity contribution in [2.45, 2.75) is 44.7 Å². The molecule has 0 saturated carbocycles. The second-order valence-corrected chi connectivity index (χ2v) is 6.73. The maximum absolute atomic E-state index is 12.8. The molecule has 2 heterocycles. The number of nitrogens with two attached hydrogens (primary N) is 1. The normalized spacial score (nSPS) is 32.9. The van der Waals surface area contributed by atoms with E-state index in [0.717, 1.165) is 36.2 Å². The monoisotopic (exact) mass is 287 g/mol. The van der Waals surface area contributed by atoms with Crippen molar-refractivity contribution in [1.29, 1.82) is 0 Å². The molecule has 0 aromatic heterocycles. The van der Waals surface area contributed by atoms with E-state index in [9.17, 15) is 4.79 Å². The van der Waals surface area contributed by atoms with E-state index in [1.807, 2.05) is 30.1 Å². The van der Waals surface area contributed by atoms with Gasteiger partial charge in [0.15, 0.2) is 0 Å². The number of nitrogens with zero attached hydrogens (tertiary/aromatic N) is 1. The number of nitrogens with one attached hydrogen (secondary N) is 1. The van der Waals surface area contributed by atoms with Crippen molar-refractivity contribution in [2.75, 3.05) is 19.3 Å². The van der Waals surface area contributed by atoms with Crippen LogP contribution in [0.25, 0.3) is 0 Å². The van der Waals surface area contributed by atoms with Gasteiger partial charge in [0, 0.05) is 31.4 Å². The summed E-state index contributed by atoms with van der Waals surface area (Å²) in [6.07, 6.45) is 1.98. The molecule has 4 heteroatoms. The van der Waals surface area contributed by atoms with E-state index in [4.69, 9.17) is 5.73 Å². The SMILES string of the molecule is Cc1ccc(N)cc1C1CC2CNC(C)CC2N(C)C1=O. The Hall–Kier alpha value is -1.55. The highest BCUT2D eigenvalue weighted by molar-refractivity contribution is 5.85. The largest absolute Gasteiger partial charge is 0.399 e. The number of carbonyl (C=O) groups is 1. The van der Waals surface area contributed by atoms with Gasteiger partial charge in [0.25, 0.3) is 0 Å². The molecule has 1 aromatic rings. The van der Waals surface area contributed by atoms with E-state index in [1.165, 1.54) is 0 Å². The molecular weight excluding hydrogens is 262 g/mol. The lowest BCUT2D eigenvalue weighted by atomic mass is 9.75. The van der Waals surface area contributed by atoms with Crippen molar-refractivity contribution in [3.05, 3.63) is 29.3 Å². The fourth-order valence-corrected chi connectivity index (χ4v) is 3.95. The van der Waals surface area contributed by atoms with Gasteiger partial charge in [-0.1, -0.05) is 6.07 Å². The molecule has 0 aliphatic carbocycles. The summed E-state index contributed by atoms with van der Waals surface area (Å²) in [5.74, 6) is 0.740. The predicted molar refractivity (Wildman–Crippen MR) is 85.1 cm³/mol. The lowest BCUT2D eigenvalue weighted by molar-refractivity contribution is -0.140. The van der Waals surface area contributed by atoms with Gasteiger partial charge in [0.2, 0.25) is 5.91 Å². The molecule has 21 heavy (non-hydrogen) atoms. The van der Waals surface area contributed by atoms with Crippen LogP contribution in [0, 0.1) is 12.8 Å². The van der Waals surface area contributed by atoms with Gasteiger partial charge in [0.05, 0.1) is 5.92 Å². The molecule has 4 unspecified atom stereocenters. The first-order valence-corrected chi connectivity index (χ1v) is 7.83. The quantitative estimate of drug-likeness (QED) is 0.776. The molecule has 1 aromatic carbocycles. The van der Waals surface area contributed by atoms with Gasteiger partial charge in [0.1, 0.15) is 0 Å². The second-order valence-electron chi connectivity index (χ2n) is 6.73. The summed E-state index contributed by atoms with van der Waals surface area (Å²) in [6.45, 7) is 5.26. The Labute approximate surface area is 126 Å². The van der Waals surface area contributed by atoms with Crippen LogP contribution in [-0.4, -0.2) is 36.5 Å². The van der Waals surface area contributed by atoms with Crippen LogP contribution in [0.5, 0.6) is 0 Å². The Kier molecular flexibility index (Phi) is 3.66. The summed E-state index contributed by atoms with van der Waals surface area (Å²) in [5.41, 5.74) is 8.93. The number of benzene rings is 1. The summed E-state index contributed by atoms with van der Waals surface area (Å²) in [4.78, 5) is 14.8. The fraction of sp³-hybridized carbons (Fsp3) is 0.588. The van der Waals surface area contributed by atoms with Gasteiger partial charge in [-0.25, -0.2) is 0 Å². The molecule has 2 saturated heterocycles. The topological polar surface area (TPSA) is 58.4 Å². The van der Waals surface area contributed by atoms with Crippen molar-refractivity contribution in [1.82, 2.24) is 10.2 Å². The number of likely N-dealkylation sites (tertiary alicyclic amines) is 1. The maximum atomic E-state index is 12.8. The van der Waals surface area contributed by atoms with Crippen LogP contribution in [0.15, 0.2) is 18.2 Å². The average Bonchev–Trinajstić information content (AvgIpc) is 2.46. The number of anilines is 1. The van der Waals surface area contributed by atoms with E-state index >= 15 is 0 Å². The molecule has 4 atom stereocenters. The van der Waals surface area contributed by atoms with E-state index in [2.05, 4.69) is 19.2 Å². The third kappa shape index (κ3) is 2.53. The number of hydrogen-bond donors (Lipinski definition) is 2. The molecule has 2 aliphatic heterocycles. The van der Waals surface area contributed by atoms with E-state index in [-0.39, 0.29) is 11.8 Å². The van der Waals surface area contributed by atoms with Gasteiger partial charge in [-0.05, 0) is 55.9 Å². The number of hydrogen-bond acceptors (Lipinski definition) is 3. The molecular formula is C17H25N3O. The zero-order valence-corrected chi connectivity index (χ0v) is 13.1. The standard InChI is InChI=1S/C17H25N3O/c1-10-4-5-13(18)8-14(10)15-7-12-9-19-11(2)6-16(12)20(3)17(15)21/h4-5,8,11-12,15-16,19H,6-7,9,18H2,1-3H3. The number of rotatable bonds is 1. The van der Waals surface area contributed by atoms with Crippen molar-refractivity contribution in [3.63, 3.8) is 0 Å². The molecule has 1 amide bonds. The number of carbonyl (C=O) groups excluding carboxylic acids is 1. The van der Waals surface area contributed by atoms with E-state index in [0.29, 0.717) is 18.0 Å². The Bertz CT molecular complexity index is 557. The van der Waals surface area contributed by atoms with Crippen LogP contribution in [0.2, 0.25) is 0 Å². The lowest BCUT2D eigenvalue weighted by Crippen LogP contribution is -2.57. The number of fused-ring (bicyclic) bond motifs is 1. The van der Waals surface area contributed by atoms with Crippen LogP contribution >= 0.6 is 0 Å². The summed E-state index contributed by atoms with van der Waals surface area (Å²) in [6, 6.07) is 6.78. The molecule has 0 radical (unpaired) electrons. The van der Waals surface area contributed by atoms with Gasteiger partial charge in [-0.2, -0.15) is 0 Å². The smallest absolute Gasteiger partial charge is 0.230 e. The van der Waals surface area contributed by atoms with Crippen LogP contribution in [0.3, 0.4) is 0 Å². The lowest BCUT2D eigenvalue weighted by Gasteiger charge is -2.47. The summed E-state index contributed by atoms with van der Waals surface area (Å²) in [5, 5.41) is 3.55. The van der Waals surface area contributed by atoms with Crippen LogP contribution < -0.4 is 11.1 Å².